The van der Waals surface area contributed by atoms with Crippen molar-refractivity contribution in [1.29, 1.82) is 0 Å². The highest BCUT2D eigenvalue weighted by Crippen LogP contribution is 2.31. The van der Waals surface area contributed by atoms with Gasteiger partial charge in [-0.25, -0.2) is 0 Å². The van der Waals surface area contributed by atoms with Gasteiger partial charge in [-0.1, -0.05) is 30.3 Å². The van der Waals surface area contributed by atoms with E-state index in [0.717, 1.165) is 5.56 Å². The van der Waals surface area contributed by atoms with Crippen molar-refractivity contribution >= 4 is 11.6 Å². The van der Waals surface area contributed by atoms with E-state index in [0.29, 0.717) is 22.6 Å². The molecule has 4 nitrogen and oxygen atoms in total. The lowest BCUT2D eigenvalue weighted by atomic mass is 9.95. The van der Waals surface area contributed by atoms with Crippen LogP contribution in [0.2, 0.25) is 0 Å². The highest BCUT2D eigenvalue weighted by Gasteiger charge is 2.18. The number of hydrogen-bond acceptors (Lipinski definition) is 4. The first-order chi connectivity index (χ1) is 11.0. The van der Waals surface area contributed by atoms with Crippen LogP contribution in [0.1, 0.15) is 28.4 Å². The maximum absolute atomic E-state index is 12.7. The third-order valence-corrected chi connectivity index (χ3v) is 3.56. The van der Waals surface area contributed by atoms with Crippen LogP contribution < -0.4 is 9.47 Å². The van der Waals surface area contributed by atoms with Crippen LogP contribution in [0.3, 0.4) is 0 Å². The molecular formula is C19H20O4. The molecular weight excluding hydrogens is 292 g/mol. The van der Waals surface area contributed by atoms with Gasteiger partial charge in [0.25, 0.3) is 0 Å². The summed E-state index contributed by atoms with van der Waals surface area (Å²) in [6, 6.07) is 12.9. The topological polar surface area (TPSA) is 52.6 Å². The molecule has 0 amide bonds. The maximum Gasteiger partial charge on any atom is 0.167 e. The minimum absolute atomic E-state index is 0.00835. The van der Waals surface area contributed by atoms with Crippen LogP contribution in [0.15, 0.2) is 42.5 Å². The second-order valence-corrected chi connectivity index (χ2v) is 5.33. The van der Waals surface area contributed by atoms with E-state index in [4.69, 9.17) is 9.47 Å². The summed E-state index contributed by atoms with van der Waals surface area (Å²) >= 11 is 0. The van der Waals surface area contributed by atoms with Gasteiger partial charge in [0.05, 0.1) is 14.2 Å². The fraction of sp³-hybridized carbons (Fsp3) is 0.263. The highest BCUT2D eigenvalue weighted by molar-refractivity contribution is 6.00. The fourth-order valence-corrected chi connectivity index (χ4v) is 2.47. The molecule has 0 aliphatic rings. The van der Waals surface area contributed by atoms with E-state index < -0.39 is 0 Å². The standard InChI is InChI=1S/C19H20O4/c1-13(20)9-15-11-18(22-2)19(23-3)12-16(15)17(21)10-14-7-5-4-6-8-14/h4-8,11-12H,9-10H2,1-3H3. The molecule has 0 fully saturated rings. The van der Waals surface area contributed by atoms with Gasteiger partial charge in [-0.15, -0.1) is 0 Å². The van der Waals surface area contributed by atoms with Crippen molar-refractivity contribution in [2.24, 2.45) is 0 Å². The largest absolute Gasteiger partial charge is 0.493 e. The lowest BCUT2D eigenvalue weighted by molar-refractivity contribution is -0.116. The molecule has 0 saturated heterocycles. The van der Waals surface area contributed by atoms with Crippen molar-refractivity contribution in [3.05, 3.63) is 59.2 Å². The van der Waals surface area contributed by atoms with Crippen LogP contribution in [0.4, 0.5) is 0 Å². The molecule has 0 N–H and O–H groups in total. The van der Waals surface area contributed by atoms with Crippen LogP contribution in [-0.4, -0.2) is 25.8 Å². The van der Waals surface area contributed by atoms with Gasteiger partial charge in [-0.05, 0) is 30.2 Å². The van der Waals surface area contributed by atoms with E-state index in [1.165, 1.54) is 21.1 Å². The predicted molar refractivity (Wildman–Crippen MR) is 88.4 cm³/mol. The van der Waals surface area contributed by atoms with Gasteiger partial charge >= 0.3 is 0 Å². The summed E-state index contributed by atoms with van der Waals surface area (Å²) in [7, 11) is 3.05. The zero-order valence-electron chi connectivity index (χ0n) is 13.6. The average molecular weight is 312 g/mol. The van der Waals surface area contributed by atoms with Gasteiger partial charge in [-0.3, -0.25) is 9.59 Å². The molecule has 0 bridgehead atoms. The molecule has 120 valence electrons. The van der Waals surface area contributed by atoms with E-state index in [1.54, 1.807) is 12.1 Å². The SMILES string of the molecule is COc1cc(CC(C)=O)c(C(=O)Cc2ccccc2)cc1OC. The molecule has 0 heterocycles. The molecule has 0 spiro atoms. The van der Waals surface area contributed by atoms with Gasteiger partial charge in [0.1, 0.15) is 5.78 Å². The van der Waals surface area contributed by atoms with E-state index in [1.807, 2.05) is 30.3 Å². The summed E-state index contributed by atoms with van der Waals surface area (Å²) in [6.45, 7) is 1.50. The lowest BCUT2D eigenvalue weighted by Gasteiger charge is -2.14. The molecule has 0 unspecified atom stereocenters. The van der Waals surface area contributed by atoms with Crippen molar-refractivity contribution in [3.63, 3.8) is 0 Å². The zero-order chi connectivity index (χ0) is 16.8. The number of ether oxygens (including phenoxy) is 2. The van der Waals surface area contributed by atoms with Crippen LogP contribution >= 0.6 is 0 Å². The van der Waals surface area contributed by atoms with E-state index in [2.05, 4.69) is 0 Å². The first kappa shape index (κ1) is 16.7. The Bertz CT molecular complexity index is 705. The summed E-state index contributed by atoms with van der Waals surface area (Å²) in [4.78, 5) is 24.2. The number of hydrogen-bond donors (Lipinski definition) is 0. The summed E-state index contributed by atoms with van der Waals surface area (Å²) in [5.41, 5.74) is 2.10. The molecule has 2 rings (SSSR count). The normalized spacial score (nSPS) is 10.2. The first-order valence-electron chi connectivity index (χ1n) is 7.36. The Morgan fingerprint density at radius 2 is 1.52 bits per heavy atom. The van der Waals surface area contributed by atoms with E-state index in [9.17, 15) is 9.59 Å². The highest BCUT2D eigenvalue weighted by atomic mass is 16.5. The first-order valence-corrected chi connectivity index (χ1v) is 7.36. The smallest absolute Gasteiger partial charge is 0.167 e. The summed E-state index contributed by atoms with van der Waals surface area (Å²) in [5, 5.41) is 0. The molecule has 0 aliphatic carbocycles. The summed E-state index contributed by atoms with van der Waals surface area (Å²) < 4.78 is 10.5. The fourth-order valence-electron chi connectivity index (χ4n) is 2.47. The number of benzene rings is 2. The van der Waals surface area contributed by atoms with Crippen LogP contribution in [0.25, 0.3) is 0 Å². The van der Waals surface area contributed by atoms with Crippen molar-refractivity contribution in [3.8, 4) is 11.5 Å². The molecule has 0 atom stereocenters. The van der Waals surface area contributed by atoms with E-state index >= 15 is 0 Å². The third-order valence-electron chi connectivity index (χ3n) is 3.56. The molecule has 4 heteroatoms. The molecule has 0 aromatic heterocycles. The van der Waals surface area contributed by atoms with Crippen molar-refractivity contribution < 1.29 is 19.1 Å². The third kappa shape index (κ3) is 4.19. The average Bonchev–Trinajstić information content (AvgIpc) is 2.54. The molecule has 2 aromatic rings. The number of carbonyl (C=O) groups is 2. The second kappa shape index (κ2) is 7.58. The van der Waals surface area contributed by atoms with Gasteiger partial charge in [0.15, 0.2) is 17.3 Å². The quantitative estimate of drug-likeness (QED) is 0.736. The van der Waals surface area contributed by atoms with Crippen LogP contribution in [-0.2, 0) is 17.6 Å². The lowest BCUT2D eigenvalue weighted by Crippen LogP contribution is -2.10. The Morgan fingerprint density at radius 3 is 2.09 bits per heavy atom. The Morgan fingerprint density at radius 1 is 0.913 bits per heavy atom. The van der Waals surface area contributed by atoms with Crippen molar-refractivity contribution in [2.75, 3.05) is 14.2 Å². The number of carbonyl (C=O) groups excluding carboxylic acids is 2. The predicted octanol–water partition coefficient (Wildman–Crippen LogP) is 3.26. The van der Waals surface area contributed by atoms with Crippen molar-refractivity contribution in [2.45, 2.75) is 19.8 Å². The molecule has 23 heavy (non-hydrogen) atoms. The Labute approximate surface area is 136 Å². The van der Waals surface area contributed by atoms with E-state index in [-0.39, 0.29) is 24.4 Å². The van der Waals surface area contributed by atoms with Gasteiger partial charge in [0.2, 0.25) is 0 Å². The Kier molecular flexibility index (Phi) is 5.52. The minimum atomic E-state index is -0.0478. The molecule has 0 radical (unpaired) electrons. The van der Waals surface area contributed by atoms with Gasteiger partial charge < -0.3 is 9.47 Å². The number of rotatable bonds is 7. The van der Waals surface area contributed by atoms with Gasteiger partial charge in [-0.2, -0.15) is 0 Å². The zero-order valence-corrected chi connectivity index (χ0v) is 13.6. The minimum Gasteiger partial charge on any atom is -0.493 e. The van der Waals surface area contributed by atoms with Crippen LogP contribution in [0.5, 0.6) is 11.5 Å². The van der Waals surface area contributed by atoms with Crippen molar-refractivity contribution in [1.82, 2.24) is 0 Å². The Balaban J connectivity index is 2.41. The summed E-state index contributed by atoms with van der Waals surface area (Å²) in [6.07, 6.45) is 0.470. The Hall–Kier alpha value is -2.62. The molecule has 0 saturated carbocycles. The second-order valence-electron chi connectivity index (χ2n) is 5.33. The summed E-state index contributed by atoms with van der Waals surface area (Å²) in [5.74, 6) is 0.940. The molecule has 0 aliphatic heterocycles. The number of Topliss-reactive ketones (excluding diaryl/α,β-unsaturated/α-hetero) is 2. The van der Waals surface area contributed by atoms with Gasteiger partial charge in [0, 0.05) is 18.4 Å². The maximum atomic E-state index is 12.7. The molecule has 2 aromatic carbocycles. The number of methoxy groups -OCH3 is 2. The van der Waals surface area contributed by atoms with Crippen LogP contribution in [0, 0.1) is 0 Å². The number of ketones is 2. The monoisotopic (exact) mass is 312 g/mol.